The van der Waals surface area contributed by atoms with Gasteiger partial charge < -0.3 is 15.5 Å². The summed E-state index contributed by atoms with van der Waals surface area (Å²) < 4.78 is 0. The third-order valence-corrected chi connectivity index (χ3v) is 3.29. The van der Waals surface area contributed by atoms with E-state index < -0.39 is 0 Å². The van der Waals surface area contributed by atoms with Crippen LogP contribution in [0, 0.1) is 0 Å². The van der Waals surface area contributed by atoms with E-state index in [0.29, 0.717) is 6.04 Å². The molecule has 1 atom stereocenters. The standard InChI is InChI=1S/C10H22N4S/c1-13(2)5-6-14-9(4-7-15-3)8-12-10(14)11/h9H,4-8H2,1-3H3,(H2,11,12). The number of nitrogens with two attached hydrogens (primary N) is 1. The van der Waals surface area contributed by atoms with E-state index in [9.17, 15) is 0 Å². The van der Waals surface area contributed by atoms with Crippen molar-refractivity contribution in [3.8, 4) is 0 Å². The van der Waals surface area contributed by atoms with Gasteiger partial charge in [-0.25, -0.2) is 0 Å². The van der Waals surface area contributed by atoms with Crippen LogP contribution in [-0.2, 0) is 0 Å². The summed E-state index contributed by atoms with van der Waals surface area (Å²) in [5.74, 6) is 1.91. The molecule has 0 aromatic rings. The minimum absolute atomic E-state index is 0.525. The molecule has 15 heavy (non-hydrogen) atoms. The predicted molar refractivity (Wildman–Crippen MR) is 68.5 cm³/mol. The van der Waals surface area contributed by atoms with Crippen LogP contribution < -0.4 is 5.73 Å². The van der Waals surface area contributed by atoms with E-state index in [4.69, 9.17) is 5.73 Å². The van der Waals surface area contributed by atoms with Crippen LogP contribution in [0.4, 0.5) is 0 Å². The van der Waals surface area contributed by atoms with Gasteiger partial charge in [-0.1, -0.05) is 0 Å². The fourth-order valence-corrected chi connectivity index (χ4v) is 2.19. The zero-order valence-electron chi connectivity index (χ0n) is 9.94. The zero-order valence-corrected chi connectivity index (χ0v) is 10.8. The summed E-state index contributed by atoms with van der Waals surface area (Å²) in [6.07, 6.45) is 3.32. The second kappa shape index (κ2) is 6.23. The maximum atomic E-state index is 5.88. The van der Waals surface area contributed by atoms with Crippen LogP contribution in [0.2, 0.25) is 0 Å². The quantitative estimate of drug-likeness (QED) is 0.713. The van der Waals surface area contributed by atoms with Gasteiger partial charge in [0.15, 0.2) is 5.96 Å². The monoisotopic (exact) mass is 230 g/mol. The van der Waals surface area contributed by atoms with E-state index >= 15 is 0 Å². The summed E-state index contributed by atoms with van der Waals surface area (Å²) in [4.78, 5) is 8.75. The molecule has 0 aromatic heterocycles. The molecule has 88 valence electrons. The van der Waals surface area contributed by atoms with Crippen molar-refractivity contribution in [2.45, 2.75) is 12.5 Å². The highest BCUT2D eigenvalue weighted by molar-refractivity contribution is 7.98. The second-order valence-electron chi connectivity index (χ2n) is 4.13. The molecule has 1 heterocycles. The highest BCUT2D eigenvalue weighted by Crippen LogP contribution is 2.13. The summed E-state index contributed by atoms with van der Waals surface area (Å²) in [5, 5.41) is 0. The molecule has 0 amide bonds. The molecule has 1 aliphatic rings. The van der Waals surface area contributed by atoms with Crippen molar-refractivity contribution in [3.63, 3.8) is 0 Å². The third-order valence-electron chi connectivity index (χ3n) is 2.64. The number of thioether (sulfide) groups is 1. The molecule has 0 bridgehead atoms. The van der Waals surface area contributed by atoms with Crippen LogP contribution in [0.15, 0.2) is 4.99 Å². The van der Waals surface area contributed by atoms with Crippen molar-refractivity contribution < 1.29 is 0 Å². The second-order valence-corrected chi connectivity index (χ2v) is 5.12. The Labute approximate surface area is 96.9 Å². The Morgan fingerprint density at radius 2 is 2.33 bits per heavy atom. The topological polar surface area (TPSA) is 44.9 Å². The minimum atomic E-state index is 0.525. The van der Waals surface area contributed by atoms with Crippen molar-refractivity contribution >= 4 is 17.7 Å². The molecular weight excluding hydrogens is 208 g/mol. The number of rotatable bonds is 6. The van der Waals surface area contributed by atoms with Gasteiger partial charge in [-0.2, -0.15) is 11.8 Å². The zero-order chi connectivity index (χ0) is 11.3. The molecule has 0 saturated carbocycles. The first-order chi connectivity index (χ1) is 7.15. The first-order valence-corrected chi connectivity index (χ1v) is 6.74. The molecule has 5 heteroatoms. The van der Waals surface area contributed by atoms with Gasteiger partial charge in [0, 0.05) is 13.1 Å². The van der Waals surface area contributed by atoms with Crippen LogP contribution in [-0.4, -0.2) is 67.5 Å². The number of nitrogens with zero attached hydrogens (tertiary/aromatic N) is 3. The van der Waals surface area contributed by atoms with Crippen molar-refractivity contribution in [3.05, 3.63) is 0 Å². The smallest absolute Gasteiger partial charge is 0.191 e. The van der Waals surface area contributed by atoms with Gasteiger partial charge in [0.2, 0.25) is 0 Å². The first kappa shape index (κ1) is 12.6. The maximum absolute atomic E-state index is 5.88. The Balaban J connectivity index is 2.38. The molecule has 0 saturated heterocycles. The summed E-state index contributed by atoms with van der Waals surface area (Å²) in [5.41, 5.74) is 5.88. The Kier molecular flexibility index (Phi) is 5.25. The molecule has 0 spiro atoms. The van der Waals surface area contributed by atoms with Gasteiger partial charge in [0.25, 0.3) is 0 Å². The Morgan fingerprint density at radius 1 is 1.60 bits per heavy atom. The number of hydrogen-bond acceptors (Lipinski definition) is 5. The number of likely N-dealkylation sites (N-methyl/N-ethyl adjacent to an activating group) is 1. The van der Waals surface area contributed by atoms with Crippen molar-refractivity contribution in [2.24, 2.45) is 10.7 Å². The molecule has 0 aliphatic carbocycles. The van der Waals surface area contributed by atoms with Gasteiger partial charge in [0.1, 0.15) is 0 Å². The van der Waals surface area contributed by atoms with Gasteiger partial charge in [-0.15, -0.1) is 0 Å². The molecule has 0 aromatic carbocycles. The summed E-state index contributed by atoms with van der Waals surface area (Å²) >= 11 is 1.89. The first-order valence-electron chi connectivity index (χ1n) is 5.35. The molecule has 0 radical (unpaired) electrons. The number of hydrogen-bond donors (Lipinski definition) is 1. The highest BCUT2D eigenvalue weighted by Gasteiger charge is 2.24. The van der Waals surface area contributed by atoms with E-state index in [1.54, 1.807) is 0 Å². The van der Waals surface area contributed by atoms with E-state index in [0.717, 1.165) is 25.6 Å². The van der Waals surface area contributed by atoms with E-state index in [2.05, 4.69) is 35.1 Å². The van der Waals surface area contributed by atoms with Gasteiger partial charge >= 0.3 is 0 Å². The normalized spacial score (nSPS) is 21.2. The predicted octanol–water partition coefficient (Wildman–Crippen LogP) is 0.300. The van der Waals surface area contributed by atoms with Crippen LogP contribution >= 0.6 is 11.8 Å². The molecule has 1 aliphatic heterocycles. The molecule has 1 unspecified atom stereocenters. The molecule has 1 rings (SSSR count). The van der Waals surface area contributed by atoms with Crippen LogP contribution in [0.25, 0.3) is 0 Å². The Bertz CT molecular complexity index is 217. The van der Waals surface area contributed by atoms with E-state index in [1.165, 1.54) is 12.2 Å². The van der Waals surface area contributed by atoms with Crippen molar-refractivity contribution in [2.75, 3.05) is 45.7 Å². The molecular formula is C10H22N4S. The third kappa shape index (κ3) is 3.91. The van der Waals surface area contributed by atoms with Crippen LogP contribution in [0.5, 0.6) is 0 Å². The molecule has 2 N–H and O–H groups in total. The summed E-state index contributed by atoms with van der Waals surface area (Å²) in [7, 11) is 4.17. The van der Waals surface area contributed by atoms with Crippen LogP contribution in [0.3, 0.4) is 0 Å². The lowest BCUT2D eigenvalue weighted by atomic mass is 10.2. The lowest BCUT2D eigenvalue weighted by Crippen LogP contribution is -2.44. The Hall–Kier alpha value is -0.420. The SMILES string of the molecule is CSCCC1CN=C(N)N1CCN(C)C. The van der Waals surface area contributed by atoms with Gasteiger partial charge in [-0.3, -0.25) is 4.99 Å². The fraction of sp³-hybridized carbons (Fsp3) is 0.900. The van der Waals surface area contributed by atoms with Crippen molar-refractivity contribution in [1.29, 1.82) is 0 Å². The maximum Gasteiger partial charge on any atom is 0.191 e. The summed E-state index contributed by atoms with van der Waals surface area (Å²) in [6.45, 7) is 2.90. The van der Waals surface area contributed by atoms with Gasteiger partial charge in [0.05, 0.1) is 12.6 Å². The highest BCUT2D eigenvalue weighted by atomic mass is 32.2. The molecule has 4 nitrogen and oxygen atoms in total. The molecule has 0 fully saturated rings. The van der Waals surface area contributed by atoms with Gasteiger partial charge in [-0.05, 0) is 32.5 Å². The number of guanidine groups is 1. The summed E-state index contributed by atoms with van der Waals surface area (Å²) in [6, 6.07) is 0.525. The van der Waals surface area contributed by atoms with Crippen LogP contribution in [0.1, 0.15) is 6.42 Å². The van der Waals surface area contributed by atoms with E-state index in [1.807, 2.05) is 11.8 Å². The minimum Gasteiger partial charge on any atom is -0.370 e. The Morgan fingerprint density at radius 3 is 2.93 bits per heavy atom. The average molecular weight is 230 g/mol. The lowest BCUT2D eigenvalue weighted by Gasteiger charge is -2.27. The lowest BCUT2D eigenvalue weighted by molar-refractivity contribution is 0.286. The largest absolute Gasteiger partial charge is 0.370 e. The fourth-order valence-electron chi connectivity index (χ4n) is 1.68. The average Bonchev–Trinajstić information content (AvgIpc) is 2.53. The van der Waals surface area contributed by atoms with Crippen molar-refractivity contribution in [1.82, 2.24) is 9.80 Å². The number of aliphatic imine (C=N–C) groups is 1. The van der Waals surface area contributed by atoms with E-state index in [-0.39, 0.29) is 0 Å².